The molecule has 0 bridgehead atoms. The number of hydrogen-bond donors (Lipinski definition) is 1. The van der Waals surface area contributed by atoms with E-state index >= 15 is 0 Å². The number of carbonyl (C=O) groups excluding carboxylic acids is 1. The zero-order valence-corrected chi connectivity index (χ0v) is 19.4. The van der Waals surface area contributed by atoms with Crippen LogP contribution in [0.25, 0.3) is 0 Å². The van der Waals surface area contributed by atoms with Crippen molar-refractivity contribution in [3.05, 3.63) is 89.5 Å². The lowest BCUT2D eigenvalue weighted by Crippen LogP contribution is -2.37. The van der Waals surface area contributed by atoms with Gasteiger partial charge in [-0.15, -0.1) is 0 Å². The highest BCUT2D eigenvalue weighted by Crippen LogP contribution is 2.47. The Hall–Kier alpha value is -3.32. The van der Waals surface area contributed by atoms with Crippen LogP contribution in [-0.2, 0) is 14.8 Å². The summed E-state index contributed by atoms with van der Waals surface area (Å²) < 4.78 is 35.5. The van der Waals surface area contributed by atoms with E-state index in [1.54, 1.807) is 36.4 Å². The molecule has 0 saturated carbocycles. The molecule has 0 saturated heterocycles. The molecule has 6 nitrogen and oxygen atoms in total. The molecule has 1 aliphatic heterocycles. The van der Waals surface area contributed by atoms with E-state index < -0.39 is 16.1 Å². The van der Waals surface area contributed by atoms with E-state index in [-0.39, 0.29) is 16.6 Å². The number of carbonyl (C=O) groups is 1. The van der Waals surface area contributed by atoms with Crippen molar-refractivity contribution in [3.8, 4) is 0 Å². The maximum Gasteiger partial charge on any atom is 0.265 e. The molecule has 2 heterocycles. The minimum Gasteiger partial charge on any atom is -0.467 e. The monoisotopic (exact) mass is 462 g/mol. The maximum atomic E-state index is 14.2. The molecule has 3 aromatic rings. The highest BCUT2D eigenvalue weighted by Gasteiger charge is 2.43. The number of allylic oxidation sites excluding steroid dienone is 1. The van der Waals surface area contributed by atoms with Crippen molar-refractivity contribution in [3.63, 3.8) is 0 Å². The van der Waals surface area contributed by atoms with Gasteiger partial charge in [0.25, 0.3) is 10.0 Å². The molecule has 2 aliphatic rings. The molecule has 0 fully saturated rings. The second kappa shape index (κ2) is 8.23. The molecule has 2 aromatic carbocycles. The highest BCUT2D eigenvalue weighted by atomic mass is 32.2. The van der Waals surface area contributed by atoms with Gasteiger partial charge in [-0.2, -0.15) is 0 Å². The fourth-order valence-corrected chi connectivity index (χ4v) is 6.22. The number of nitrogens with zero attached hydrogens (tertiary/aromatic N) is 1. The van der Waals surface area contributed by atoms with Crippen molar-refractivity contribution in [1.29, 1.82) is 0 Å². The Morgan fingerprint density at radius 1 is 1.00 bits per heavy atom. The third-order valence-electron chi connectivity index (χ3n) is 6.31. The first kappa shape index (κ1) is 21.5. The summed E-state index contributed by atoms with van der Waals surface area (Å²) in [5.74, 6) is 0.639. The van der Waals surface area contributed by atoms with Crippen molar-refractivity contribution in [2.24, 2.45) is 0 Å². The summed E-state index contributed by atoms with van der Waals surface area (Å²) in [6.45, 7) is 4.13. The number of ketones is 1. The van der Waals surface area contributed by atoms with E-state index in [0.717, 1.165) is 17.7 Å². The number of nitrogens with one attached hydrogen (secondary N) is 1. The minimum atomic E-state index is -4.04. The van der Waals surface area contributed by atoms with Crippen molar-refractivity contribution in [2.45, 2.75) is 50.0 Å². The normalized spacial score (nSPS) is 18.6. The van der Waals surface area contributed by atoms with Crippen LogP contribution in [0.5, 0.6) is 0 Å². The van der Waals surface area contributed by atoms with E-state index in [0.29, 0.717) is 35.5 Å². The number of anilines is 2. The molecule has 1 aliphatic carbocycles. The number of benzene rings is 2. The lowest BCUT2D eigenvalue weighted by molar-refractivity contribution is -0.116. The number of Topliss-reactive ketones (excluding diaryl/α,β-unsaturated/α-hetero) is 1. The predicted molar refractivity (Wildman–Crippen MR) is 128 cm³/mol. The molecule has 1 N–H and O–H groups in total. The first-order valence-electron chi connectivity index (χ1n) is 11.2. The molecule has 0 amide bonds. The summed E-state index contributed by atoms with van der Waals surface area (Å²) in [5, 5.41) is 3.37. The van der Waals surface area contributed by atoms with Gasteiger partial charge in [-0.05, 0) is 60.7 Å². The van der Waals surface area contributed by atoms with Crippen molar-refractivity contribution in [2.75, 3.05) is 9.62 Å². The third-order valence-corrected chi connectivity index (χ3v) is 8.10. The SMILES string of the molecule is CC(C)c1ccc(S(=O)(=O)N2c3ccccc3NC3=C(C(=O)CCC3)[C@@H]2c2ccco2)cc1. The van der Waals surface area contributed by atoms with Gasteiger partial charge in [-0.25, -0.2) is 12.7 Å². The van der Waals surface area contributed by atoms with Gasteiger partial charge in [-0.3, -0.25) is 4.79 Å². The van der Waals surface area contributed by atoms with Crippen LogP contribution in [0.2, 0.25) is 0 Å². The number of fused-ring (bicyclic) bond motifs is 1. The topological polar surface area (TPSA) is 79.6 Å². The number of sulfonamides is 1. The Kier molecular flexibility index (Phi) is 5.37. The number of hydrogen-bond acceptors (Lipinski definition) is 5. The third kappa shape index (κ3) is 3.66. The Morgan fingerprint density at radius 2 is 1.76 bits per heavy atom. The average Bonchev–Trinajstić information content (AvgIpc) is 3.28. The number of furan rings is 1. The predicted octanol–water partition coefficient (Wildman–Crippen LogP) is 5.77. The highest BCUT2D eigenvalue weighted by molar-refractivity contribution is 7.92. The second-order valence-corrected chi connectivity index (χ2v) is 10.6. The quantitative estimate of drug-likeness (QED) is 0.532. The number of rotatable bonds is 4. The van der Waals surface area contributed by atoms with Gasteiger partial charge in [-0.1, -0.05) is 38.1 Å². The van der Waals surface area contributed by atoms with Crippen molar-refractivity contribution >= 4 is 27.2 Å². The Balaban J connectivity index is 1.77. The van der Waals surface area contributed by atoms with Gasteiger partial charge in [0.1, 0.15) is 11.8 Å². The molecule has 0 radical (unpaired) electrons. The van der Waals surface area contributed by atoms with Crippen molar-refractivity contribution in [1.82, 2.24) is 0 Å². The lowest BCUT2D eigenvalue weighted by atomic mass is 9.89. The Labute approximate surface area is 194 Å². The van der Waals surface area contributed by atoms with E-state index in [1.807, 2.05) is 24.3 Å². The van der Waals surface area contributed by atoms with Gasteiger partial charge in [0.2, 0.25) is 0 Å². The minimum absolute atomic E-state index is 0.0617. The van der Waals surface area contributed by atoms with Crippen LogP contribution in [-0.4, -0.2) is 14.2 Å². The maximum absolute atomic E-state index is 14.2. The first-order chi connectivity index (χ1) is 15.9. The molecule has 5 rings (SSSR count). The number of para-hydroxylation sites is 2. The Morgan fingerprint density at radius 3 is 2.45 bits per heavy atom. The van der Waals surface area contributed by atoms with Crippen LogP contribution < -0.4 is 9.62 Å². The van der Waals surface area contributed by atoms with Gasteiger partial charge < -0.3 is 9.73 Å². The van der Waals surface area contributed by atoms with Crippen LogP contribution in [0.15, 0.2) is 87.5 Å². The molecule has 1 atom stereocenters. The molecular formula is C26H26N2O4S. The summed E-state index contributed by atoms with van der Waals surface area (Å²) >= 11 is 0. The molecule has 0 unspecified atom stereocenters. The smallest absolute Gasteiger partial charge is 0.265 e. The van der Waals surface area contributed by atoms with Gasteiger partial charge in [0, 0.05) is 17.7 Å². The second-order valence-electron chi connectivity index (χ2n) is 8.75. The van der Waals surface area contributed by atoms with Gasteiger partial charge >= 0.3 is 0 Å². The van der Waals surface area contributed by atoms with Gasteiger partial charge in [0.05, 0.1) is 22.5 Å². The standard InChI is InChI=1S/C26H26N2O4S/c1-17(2)18-12-14-19(15-13-18)33(30,31)28-22-9-4-3-7-20(22)27-21-8-5-10-23(29)25(21)26(28)24-11-6-16-32-24/h3-4,6-7,9,11-17,26-27H,5,8,10H2,1-2H3/t26-/m0/s1. The van der Waals surface area contributed by atoms with Crippen LogP contribution in [0.4, 0.5) is 11.4 Å². The van der Waals surface area contributed by atoms with Crippen LogP contribution in [0, 0.1) is 0 Å². The summed E-state index contributed by atoms with van der Waals surface area (Å²) in [5.41, 5.74) is 3.40. The van der Waals surface area contributed by atoms with Crippen molar-refractivity contribution < 1.29 is 17.6 Å². The van der Waals surface area contributed by atoms with E-state index in [4.69, 9.17) is 4.42 Å². The summed E-state index contributed by atoms with van der Waals surface area (Å²) in [7, 11) is -4.04. The van der Waals surface area contributed by atoms with Crippen LogP contribution in [0.3, 0.4) is 0 Å². The van der Waals surface area contributed by atoms with Crippen LogP contribution in [0.1, 0.15) is 56.4 Å². The first-order valence-corrected chi connectivity index (χ1v) is 12.6. The Bertz CT molecular complexity index is 1320. The van der Waals surface area contributed by atoms with E-state index in [1.165, 1.54) is 10.6 Å². The molecular weight excluding hydrogens is 436 g/mol. The average molecular weight is 463 g/mol. The molecule has 0 spiro atoms. The van der Waals surface area contributed by atoms with E-state index in [2.05, 4.69) is 19.2 Å². The largest absolute Gasteiger partial charge is 0.467 e. The lowest BCUT2D eigenvalue weighted by Gasteiger charge is -2.33. The summed E-state index contributed by atoms with van der Waals surface area (Å²) in [4.78, 5) is 13.4. The van der Waals surface area contributed by atoms with E-state index in [9.17, 15) is 13.2 Å². The molecule has 7 heteroatoms. The zero-order chi connectivity index (χ0) is 23.2. The molecule has 170 valence electrons. The molecule has 1 aromatic heterocycles. The zero-order valence-electron chi connectivity index (χ0n) is 18.6. The summed E-state index contributed by atoms with van der Waals surface area (Å²) in [6, 6.07) is 16.8. The summed E-state index contributed by atoms with van der Waals surface area (Å²) in [6.07, 6.45) is 3.28. The fraction of sp³-hybridized carbons (Fsp3) is 0.269. The molecule has 33 heavy (non-hydrogen) atoms. The van der Waals surface area contributed by atoms with Crippen LogP contribution >= 0.6 is 0 Å². The fourth-order valence-electron chi connectivity index (χ4n) is 4.61. The van der Waals surface area contributed by atoms with Gasteiger partial charge in [0.15, 0.2) is 5.78 Å².